The molecule has 3 heterocycles. The van der Waals surface area contributed by atoms with Crippen molar-refractivity contribution in [1.82, 2.24) is 24.2 Å². The average molecular weight is 287 g/mol. The summed E-state index contributed by atoms with van der Waals surface area (Å²) in [7, 11) is 0. The molecule has 0 bridgehead atoms. The second-order valence-electron chi connectivity index (χ2n) is 5.54. The maximum Gasteiger partial charge on any atom is 0.272 e. The van der Waals surface area contributed by atoms with Crippen LogP contribution in [0.15, 0.2) is 24.8 Å². The Hall–Kier alpha value is -2.11. The number of aryl methyl sites for hydroxylation is 2. The topological polar surface area (TPSA) is 56.0 Å². The van der Waals surface area contributed by atoms with E-state index in [4.69, 9.17) is 0 Å². The number of hydrogen-bond donors (Lipinski definition) is 0. The minimum atomic E-state index is 0.0854. The molecule has 3 rings (SSSR count). The van der Waals surface area contributed by atoms with Crippen LogP contribution < -0.4 is 0 Å². The first-order valence-corrected chi connectivity index (χ1v) is 7.50. The zero-order valence-electron chi connectivity index (χ0n) is 12.6. The van der Waals surface area contributed by atoms with Crippen LogP contribution in [0, 0.1) is 6.92 Å². The van der Waals surface area contributed by atoms with Gasteiger partial charge in [-0.2, -0.15) is 5.10 Å². The van der Waals surface area contributed by atoms with E-state index in [-0.39, 0.29) is 5.91 Å². The van der Waals surface area contributed by atoms with Gasteiger partial charge in [0.05, 0.1) is 18.1 Å². The molecule has 6 nitrogen and oxygen atoms in total. The Morgan fingerprint density at radius 3 is 3.05 bits per heavy atom. The van der Waals surface area contributed by atoms with Crippen LogP contribution in [0.3, 0.4) is 0 Å². The number of hydrogen-bond acceptors (Lipinski definition) is 3. The van der Waals surface area contributed by atoms with Crippen molar-refractivity contribution in [2.24, 2.45) is 0 Å². The fourth-order valence-corrected chi connectivity index (χ4v) is 2.99. The quantitative estimate of drug-likeness (QED) is 0.866. The van der Waals surface area contributed by atoms with E-state index in [2.05, 4.69) is 14.6 Å². The molecule has 0 aromatic carbocycles. The molecule has 0 radical (unpaired) electrons. The van der Waals surface area contributed by atoms with Crippen molar-refractivity contribution in [3.05, 3.63) is 36.2 Å². The molecule has 0 spiro atoms. The molecule has 1 saturated heterocycles. The van der Waals surface area contributed by atoms with Gasteiger partial charge in [0.15, 0.2) is 0 Å². The first kappa shape index (κ1) is 13.9. The molecular formula is C15H21N5O. The summed E-state index contributed by atoms with van der Waals surface area (Å²) >= 11 is 0. The molecular weight excluding hydrogens is 266 g/mol. The van der Waals surface area contributed by atoms with Crippen molar-refractivity contribution in [2.75, 3.05) is 13.1 Å². The highest BCUT2D eigenvalue weighted by atomic mass is 16.2. The molecule has 0 aliphatic carbocycles. The Morgan fingerprint density at radius 1 is 1.48 bits per heavy atom. The molecule has 1 fully saturated rings. The summed E-state index contributed by atoms with van der Waals surface area (Å²) in [6.07, 6.45) is 7.70. The maximum atomic E-state index is 12.7. The number of aromatic nitrogens is 4. The third kappa shape index (κ3) is 2.70. The number of nitrogens with zero attached hydrogens (tertiary/aromatic N) is 5. The lowest BCUT2D eigenvalue weighted by Crippen LogP contribution is -2.41. The SMILES string of the molecule is CCn1nc(C)cc1C(=O)N1CCC[C@@H](n2ccnc2)C1. The minimum Gasteiger partial charge on any atom is -0.335 e. The number of likely N-dealkylation sites (tertiary alicyclic amines) is 1. The molecule has 2 aromatic heterocycles. The zero-order chi connectivity index (χ0) is 14.8. The lowest BCUT2D eigenvalue weighted by atomic mass is 10.1. The summed E-state index contributed by atoms with van der Waals surface area (Å²) < 4.78 is 3.89. The van der Waals surface area contributed by atoms with Gasteiger partial charge in [0.2, 0.25) is 0 Å². The second kappa shape index (κ2) is 5.71. The lowest BCUT2D eigenvalue weighted by molar-refractivity contribution is 0.0667. The van der Waals surface area contributed by atoms with Crippen LogP contribution in [-0.4, -0.2) is 43.2 Å². The van der Waals surface area contributed by atoms with Gasteiger partial charge in [-0.15, -0.1) is 0 Å². The number of carbonyl (C=O) groups is 1. The summed E-state index contributed by atoms with van der Waals surface area (Å²) in [4.78, 5) is 18.8. The second-order valence-corrected chi connectivity index (χ2v) is 5.54. The number of rotatable bonds is 3. The first-order chi connectivity index (χ1) is 10.2. The van der Waals surface area contributed by atoms with Gasteiger partial charge in [-0.05, 0) is 32.8 Å². The van der Waals surface area contributed by atoms with Crippen LogP contribution in [0.2, 0.25) is 0 Å². The molecule has 1 aliphatic rings. The van der Waals surface area contributed by atoms with E-state index in [1.807, 2.05) is 37.3 Å². The lowest BCUT2D eigenvalue weighted by Gasteiger charge is -2.33. The van der Waals surface area contributed by atoms with Crippen molar-refractivity contribution in [1.29, 1.82) is 0 Å². The van der Waals surface area contributed by atoms with Crippen LogP contribution >= 0.6 is 0 Å². The summed E-state index contributed by atoms with van der Waals surface area (Å²) in [5, 5.41) is 4.37. The first-order valence-electron chi connectivity index (χ1n) is 7.50. The van der Waals surface area contributed by atoms with Crippen molar-refractivity contribution in [3.63, 3.8) is 0 Å². The van der Waals surface area contributed by atoms with E-state index in [9.17, 15) is 4.79 Å². The van der Waals surface area contributed by atoms with Crippen molar-refractivity contribution in [2.45, 2.75) is 39.3 Å². The third-order valence-electron chi connectivity index (χ3n) is 4.05. The molecule has 0 saturated carbocycles. The third-order valence-corrected chi connectivity index (χ3v) is 4.05. The number of piperidine rings is 1. The van der Waals surface area contributed by atoms with Crippen molar-refractivity contribution in [3.8, 4) is 0 Å². The van der Waals surface area contributed by atoms with E-state index < -0.39 is 0 Å². The predicted molar refractivity (Wildman–Crippen MR) is 79.0 cm³/mol. The van der Waals surface area contributed by atoms with Crippen LogP contribution in [0.25, 0.3) is 0 Å². The minimum absolute atomic E-state index is 0.0854. The average Bonchev–Trinajstić information content (AvgIpc) is 3.15. The molecule has 2 aromatic rings. The van der Waals surface area contributed by atoms with E-state index in [0.717, 1.165) is 31.6 Å². The molecule has 1 aliphatic heterocycles. The van der Waals surface area contributed by atoms with Crippen LogP contribution in [0.1, 0.15) is 42.0 Å². The summed E-state index contributed by atoms with van der Waals surface area (Å²) in [5.74, 6) is 0.0854. The van der Waals surface area contributed by atoms with E-state index in [0.29, 0.717) is 18.3 Å². The highest BCUT2D eigenvalue weighted by Gasteiger charge is 2.27. The Kier molecular flexibility index (Phi) is 3.77. The monoisotopic (exact) mass is 287 g/mol. The number of imidazole rings is 1. The smallest absolute Gasteiger partial charge is 0.272 e. The molecule has 0 N–H and O–H groups in total. The Balaban J connectivity index is 1.78. The molecule has 21 heavy (non-hydrogen) atoms. The summed E-state index contributed by atoms with van der Waals surface area (Å²) in [6.45, 7) is 6.20. The fourth-order valence-electron chi connectivity index (χ4n) is 2.99. The van der Waals surface area contributed by atoms with Gasteiger partial charge in [-0.3, -0.25) is 9.48 Å². The van der Waals surface area contributed by atoms with Gasteiger partial charge in [-0.25, -0.2) is 4.98 Å². The van der Waals surface area contributed by atoms with Gasteiger partial charge < -0.3 is 9.47 Å². The van der Waals surface area contributed by atoms with Crippen molar-refractivity contribution >= 4 is 5.91 Å². The van der Waals surface area contributed by atoms with Crippen LogP contribution in [-0.2, 0) is 6.54 Å². The summed E-state index contributed by atoms with van der Waals surface area (Å²) in [6, 6.07) is 2.21. The normalized spacial score (nSPS) is 19.0. The molecule has 0 unspecified atom stereocenters. The van der Waals surface area contributed by atoms with Gasteiger partial charge in [0.1, 0.15) is 5.69 Å². The van der Waals surface area contributed by atoms with Crippen LogP contribution in [0.5, 0.6) is 0 Å². The van der Waals surface area contributed by atoms with E-state index in [1.54, 1.807) is 10.9 Å². The number of carbonyl (C=O) groups excluding carboxylic acids is 1. The molecule has 1 amide bonds. The molecule has 112 valence electrons. The van der Waals surface area contributed by atoms with Gasteiger partial charge in [0, 0.05) is 32.0 Å². The number of amides is 1. The molecule has 6 heteroatoms. The maximum absolute atomic E-state index is 12.7. The summed E-state index contributed by atoms with van der Waals surface area (Å²) in [5.41, 5.74) is 1.59. The van der Waals surface area contributed by atoms with E-state index >= 15 is 0 Å². The van der Waals surface area contributed by atoms with Gasteiger partial charge in [-0.1, -0.05) is 0 Å². The highest BCUT2D eigenvalue weighted by Crippen LogP contribution is 2.22. The van der Waals surface area contributed by atoms with Crippen LogP contribution in [0.4, 0.5) is 0 Å². The fraction of sp³-hybridized carbons (Fsp3) is 0.533. The van der Waals surface area contributed by atoms with Gasteiger partial charge in [0.25, 0.3) is 5.91 Å². The zero-order valence-corrected chi connectivity index (χ0v) is 12.6. The predicted octanol–water partition coefficient (Wildman–Crippen LogP) is 1.89. The van der Waals surface area contributed by atoms with Crippen molar-refractivity contribution < 1.29 is 4.79 Å². The Bertz CT molecular complexity index is 616. The Morgan fingerprint density at radius 2 is 2.33 bits per heavy atom. The van der Waals surface area contributed by atoms with Gasteiger partial charge >= 0.3 is 0 Å². The highest BCUT2D eigenvalue weighted by molar-refractivity contribution is 5.92. The van der Waals surface area contributed by atoms with E-state index in [1.165, 1.54) is 0 Å². The largest absolute Gasteiger partial charge is 0.335 e. The Labute approximate surface area is 124 Å². The molecule has 1 atom stereocenters. The standard InChI is InChI=1S/C15H21N5O/c1-3-20-14(9-12(2)17-20)15(21)18-7-4-5-13(10-18)19-8-6-16-11-19/h6,8-9,11,13H,3-5,7,10H2,1-2H3/t13-/m1/s1.